The number of nitrogens with two attached hydrogens (primary N) is 1. The second kappa shape index (κ2) is 3.76. The minimum absolute atomic E-state index is 0.505. The van der Waals surface area contributed by atoms with E-state index in [0.29, 0.717) is 6.54 Å². The molecule has 1 aromatic heterocycles. The van der Waals surface area contributed by atoms with Crippen molar-refractivity contribution in [2.24, 2.45) is 5.73 Å². The lowest BCUT2D eigenvalue weighted by Gasteiger charge is -2.02. The molecule has 0 atom stereocenters. The number of aryl methyl sites for hydroxylation is 1. The minimum Gasteiger partial charge on any atom is -0.325 e. The van der Waals surface area contributed by atoms with Gasteiger partial charge in [0, 0.05) is 11.9 Å². The van der Waals surface area contributed by atoms with Crippen molar-refractivity contribution < 1.29 is 0 Å². The Morgan fingerprint density at radius 1 is 1.21 bits per heavy atom. The number of hydrogen-bond donors (Lipinski definition) is 1. The summed E-state index contributed by atoms with van der Waals surface area (Å²) in [5.41, 5.74) is 8.86. The van der Waals surface area contributed by atoms with Crippen LogP contribution in [-0.2, 0) is 13.0 Å². The summed E-state index contributed by atoms with van der Waals surface area (Å²) in [5, 5.41) is 1.20. The molecule has 0 aliphatic heterocycles. The van der Waals surface area contributed by atoms with Crippen LogP contribution in [-0.4, -0.2) is 4.98 Å². The van der Waals surface area contributed by atoms with E-state index in [-0.39, 0.29) is 0 Å². The fourth-order valence-corrected chi connectivity index (χ4v) is 1.55. The van der Waals surface area contributed by atoms with Crippen LogP contribution in [0.25, 0.3) is 10.9 Å². The molecule has 2 nitrogen and oxygen atoms in total. The lowest BCUT2D eigenvalue weighted by molar-refractivity contribution is 1.01. The second-order valence-electron chi connectivity index (χ2n) is 3.39. The molecule has 1 aromatic carbocycles. The Morgan fingerprint density at radius 3 is 2.79 bits per heavy atom. The van der Waals surface area contributed by atoms with Crippen LogP contribution < -0.4 is 5.73 Å². The average molecular weight is 186 g/mol. The molecular weight excluding hydrogens is 172 g/mol. The Bertz CT molecular complexity index is 406. The van der Waals surface area contributed by atoms with Gasteiger partial charge < -0.3 is 5.73 Å². The zero-order chi connectivity index (χ0) is 9.97. The molecule has 2 heteroatoms. The normalized spacial score (nSPS) is 10.7. The van der Waals surface area contributed by atoms with Gasteiger partial charge in [-0.05, 0) is 30.2 Å². The van der Waals surface area contributed by atoms with E-state index in [9.17, 15) is 0 Å². The Labute approximate surface area is 83.8 Å². The van der Waals surface area contributed by atoms with Crippen molar-refractivity contribution in [1.29, 1.82) is 0 Å². The van der Waals surface area contributed by atoms with Gasteiger partial charge in [-0.3, -0.25) is 4.98 Å². The first-order valence-electron chi connectivity index (χ1n) is 4.92. The first-order valence-corrected chi connectivity index (χ1v) is 4.92. The number of benzene rings is 1. The first-order chi connectivity index (χ1) is 6.83. The van der Waals surface area contributed by atoms with Crippen LogP contribution >= 0.6 is 0 Å². The van der Waals surface area contributed by atoms with E-state index >= 15 is 0 Å². The van der Waals surface area contributed by atoms with Crippen LogP contribution in [0, 0.1) is 0 Å². The van der Waals surface area contributed by atoms with Crippen LogP contribution in [0.15, 0.2) is 30.3 Å². The van der Waals surface area contributed by atoms with Gasteiger partial charge >= 0.3 is 0 Å². The molecule has 0 fully saturated rings. The van der Waals surface area contributed by atoms with Gasteiger partial charge in [0.2, 0.25) is 0 Å². The molecule has 2 rings (SSSR count). The molecule has 1 heterocycles. The molecule has 0 aliphatic rings. The SMILES string of the molecule is CCc1ccc2nc(CN)ccc2c1. The zero-order valence-electron chi connectivity index (χ0n) is 8.33. The van der Waals surface area contributed by atoms with Crippen molar-refractivity contribution in [3.8, 4) is 0 Å². The summed E-state index contributed by atoms with van der Waals surface area (Å²) in [6.07, 6.45) is 1.06. The summed E-state index contributed by atoms with van der Waals surface area (Å²) >= 11 is 0. The summed E-state index contributed by atoms with van der Waals surface area (Å²) in [6, 6.07) is 10.4. The van der Waals surface area contributed by atoms with Crippen LogP contribution in [0.4, 0.5) is 0 Å². The highest BCUT2D eigenvalue weighted by molar-refractivity contribution is 5.79. The first kappa shape index (κ1) is 9.16. The summed E-state index contributed by atoms with van der Waals surface area (Å²) in [5.74, 6) is 0. The minimum atomic E-state index is 0.505. The highest BCUT2D eigenvalue weighted by Crippen LogP contribution is 2.15. The molecule has 2 N–H and O–H groups in total. The quantitative estimate of drug-likeness (QED) is 0.781. The van der Waals surface area contributed by atoms with Gasteiger partial charge in [0.05, 0.1) is 11.2 Å². The van der Waals surface area contributed by atoms with Crippen molar-refractivity contribution in [3.05, 3.63) is 41.6 Å². The number of hydrogen-bond acceptors (Lipinski definition) is 2. The number of pyridine rings is 1. The van der Waals surface area contributed by atoms with Gasteiger partial charge in [0.1, 0.15) is 0 Å². The zero-order valence-corrected chi connectivity index (χ0v) is 8.33. The Hall–Kier alpha value is -1.41. The van der Waals surface area contributed by atoms with Gasteiger partial charge in [-0.1, -0.05) is 19.1 Å². The van der Waals surface area contributed by atoms with E-state index in [1.165, 1.54) is 10.9 Å². The van der Waals surface area contributed by atoms with Crippen LogP contribution in [0.1, 0.15) is 18.2 Å². The van der Waals surface area contributed by atoms with Crippen molar-refractivity contribution >= 4 is 10.9 Å². The number of nitrogens with zero attached hydrogens (tertiary/aromatic N) is 1. The third kappa shape index (κ3) is 1.61. The number of aromatic nitrogens is 1. The number of fused-ring (bicyclic) bond motifs is 1. The molecular formula is C12H14N2. The molecule has 72 valence electrons. The van der Waals surface area contributed by atoms with Gasteiger partial charge in [0.15, 0.2) is 0 Å². The van der Waals surface area contributed by atoms with Gasteiger partial charge in [-0.2, -0.15) is 0 Å². The largest absolute Gasteiger partial charge is 0.325 e. The fraction of sp³-hybridized carbons (Fsp3) is 0.250. The lowest BCUT2D eigenvalue weighted by Crippen LogP contribution is -1.99. The van der Waals surface area contributed by atoms with Gasteiger partial charge in [0.25, 0.3) is 0 Å². The van der Waals surface area contributed by atoms with E-state index in [0.717, 1.165) is 17.6 Å². The topological polar surface area (TPSA) is 38.9 Å². The molecule has 2 aromatic rings. The average Bonchev–Trinajstić information content (AvgIpc) is 2.27. The Balaban J connectivity index is 2.57. The Kier molecular flexibility index (Phi) is 2.46. The summed E-state index contributed by atoms with van der Waals surface area (Å²) in [4.78, 5) is 4.44. The van der Waals surface area contributed by atoms with Crippen molar-refractivity contribution in [2.45, 2.75) is 19.9 Å². The predicted octanol–water partition coefficient (Wildman–Crippen LogP) is 2.26. The van der Waals surface area contributed by atoms with Crippen molar-refractivity contribution in [2.75, 3.05) is 0 Å². The fourth-order valence-electron chi connectivity index (χ4n) is 1.55. The second-order valence-corrected chi connectivity index (χ2v) is 3.39. The molecule has 14 heavy (non-hydrogen) atoms. The number of rotatable bonds is 2. The molecule has 0 radical (unpaired) electrons. The molecule has 0 bridgehead atoms. The van der Waals surface area contributed by atoms with Crippen LogP contribution in [0.2, 0.25) is 0 Å². The summed E-state index contributed by atoms with van der Waals surface area (Å²) in [6.45, 7) is 2.66. The molecule has 0 aliphatic carbocycles. The molecule has 0 saturated heterocycles. The van der Waals surface area contributed by atoms with Crippen molar-refractivity contribution in [3.63, 3.8) is 0 Å². The van der Waals surface area contributed by atoms with E-state index in [1.54, 1.807) is 0 Å². The van der Waals surface area contributed by atoms with E-state index < -0.39 is 0 Å². The highest BCUT2D eigenvalue weighted by Gasteiger charge is 1.97. The van der Waals surface area contributed by atoms with E-state index in [2.05, 4.69) is 36.2 Å². The maximum atomic E-state index is 5.53. The van der Waals surface area contributed by atoms with Crippen LogP contribution in [0.5, 0.6) is 0 Å². The molecule has 0 amide bonds. The third-order valence-corrected chi connectivity index (χ3v) is 2.43. The molecule has 0 spiro atoms. The Morgan fingerprint density at radius 2 is 2.07 bits per heavy atom. The maximum Gasteiger partial charge on any atom is 0.0706 e. The highest BCUT2D eigenvalue weighted by atomic mass is 14.7. The lowest BCUT2D eigenvalue weighted by atomic mass is 10.1. The van der Waals surface area contributed by atoms with E-state index in [4.69, 9.17) is 5.73 Å². The molecule has 0 saturated carbocycles. The summed E-state index contributed by atoms with van der Waals surface area (Å²) < 4.78 is 0. The van der Waals surface area contributed by atoms with E-state index in [1.807, 2.05) is 6.07 Å². The standard InChI is InChI=1S/C12H14N2/c1-2-9-3-6-12-10(7-9)4-5-11(8-13)14-12/h3-7H,2,8,13H2,1H3. The monoisotopic (exact) mass is 186 g/mol. The predicted molar refractivity (Wildman–Crippen MR) is 59.0 cm³/mol. The third-order valence-electron chi connectivity index (χ3n) is 2.43. The molecule has 0 unspecified atom stereocenters. The smallest absolute Gasteiger partial charge is 0.0706 e. The summed E-state index contributed by atoms with van der Waals surface area (Å²) in [7, 11) is 0. The maximum absolute atomic E-state index is 5.53. The van der Waals surface area contributed by atoms with Gasteiger partial charge in [-0.15, -0.1) is 0 Å². The van der Waals surface area contributed by atoms with Crippen LogP contribution in [0.3, 0.4) is 0 Å². The van der Waals surface area contributed by atoms with Crippen molar-refractivity contribution in [1.82, 2.24) is 4.98 Å². The van der Waals surface area contributed by atoms with Gasteiger partial charge in [-0.25, -0.2) is 0 Å².